The molecule has 5 rings (SSSR count). The fourth-order valence-corrected chi connectivity index (χ4v) is 6.78. The van der Waals surface area contributed by atoms with Gasteiger partial charge in [-0.25, -0.2) is 4.79 Å². The summed E-state index contributed by atoms with van der Waals surface area (Å²) in [7, 11) is 0. The predicted octanol–water partition coefficient (Wildman–Crippen LogP) is 4.49. The van der Waals surface area contributed by atoms with E-state index in [-0.39, 0.29) is 17.0 Å². The predicted molar refractivity (Wildman–Crippen MR) is 95.3 cm³/mol. The van der Waals surface area contributed by atoms with Crippen LogP contribution in [0, 0.1) is 17.3 Å². The molecule has 132 valence electrons. The highest BCUT2D eigenvalue weighted by atomic mass is 16.6. The number of phenolic OH excluding ortho intramolecular Hbond substituents is 1. The molecule has 2 fully saturated rings. The third-order valence-corrected chi connectivity index (χ3v) is 8.00. The summed E-state index contributed by atoms with van der Waals surface area (Å²) >= 11 is 0. The molecule has 0 bridgehead atoms. The van der Waals surface area contributed by atoms with Gasteiger partial charge in [0.05, 0.1) is 0 Å². The highest BCUT2D eigenvalue weighted by molar-refractivity contribution is 5.83. The number of phenols is 1. The molecule has 0 amide bonds. The molecule has 4 unspecified atom stereocenters. The molecule has 4 aliphatic rings. The van der Waals surface area contributed by atoms with Crippen LogP contribution in [-0.2, 0) is 16.0 Å². The van der Waals surface area contributed by atoms with Crippen LogP contribution in [0.25, 0.3) is 0 Å². The first kappa shape index (κ1) is 15.5. The first-order valence-corrected chi connectivity index (χ1v) is 9.74. The minimum absolute atomic E-state index is 0.100. The van der Waals surface area contributed by atoms with Crippen LogP contribution in [0.15, 0.2) is 30.4 Å². The van der Waals surface area contributed by atoms with Crippen LogP contribution in [0.1, 0.15) is 62.5 Å². The zero-order chi connectivity index (χ0) is 17.2. The summed E-state index contributed by atoms with van der Waals surface area (Å²) in [5.74, 6) is 2.15. The van der Waals surface area contributed by atoms with Gasteiger partial charge in [0.2, 0.25) is 0 Å². The number of carbonyl (C=O) groups excluding carboxylic acids is 1. The number of esters is 1. The fraction of sp³-hybridized carbons (Fsp3) is 0.591. The van der Waals surface area contributed by atoms with E-state index in [9.17, 15) is 9.90 Å². The van der Waals surface area contributed by atoms with E-state index in [1.165, 1.54) is 30.4 Å². The van der Waals surface area contributed by atoms with Crippen molar-refractivity contribution in [1.82, 2.24) is 0 Å². The highest BCUT2D eigenvalue weighted by Gasteiger charge is 2.63. The minimum Gasteiger partial charge on any atom is -0.508 e. The molecule has 1 aromatic rings. The lowest BCUT2D eigenvalue weighted by atomic mass is 9.53. The van der Waals surface area contributed by atoms with Crippen LogP contribution < -0.4 is 0 Å². The number of hydrogen-bond donors (Lipinski definition) is 1. The molecular weight excluding hydrogens is 312 g/mol. The van der Waals surface area contributed by atoms with E-state index in [4.69, 9.17) is 4.74 Å². The first-order chi connectivity index (χ1) is 12.0. The topological polar surface area (TPSA) is 46.5 Å². The quantitative estimate of drug-likeness (QED) is 0.709. The molecule has 0 radical (unpaired) electrons. The monoisotopic (exact) mass is 338 g/mol. The summed E-state index contributed by atoms with van der Waals surface area (Å²) in [5, 5.41) is 9.81. The molecule has 1 heterocycles. The number of aryl methyl sites for hydroxylation is 1. The SMILES string of the molecule is CC12CCC3c4ccc(O)cc4CCC3C1CC[C@@]21CC=CC(=O)O1. The Hall–Kier alpha value is -1.77. The van der Waals surface area contributed by atoms with Crippen molar-refractivity contribution in [2.75, 3.05) is 0 Å². The summed E-state index contributed by atoms with van der Waals surface area (Å²) < 4.78 is 6.01. The molecule has 5 atom stereocenters. The lowest BCUT2D eigenvalue weighted by Crippen LogP contribution is -2.53. The maximum atomic E-state index is 12.0. The third-order valence-electron chi connectivity index (χ3n) is 8.00. The van der Waals surface area contributed by atoms with Gasteiger partial charge in [0.25, 0.3) is 0 Å². The molecule has 2 saturated carbocycles. The third kappa shape index (κ3) is 2.01. The molecule has 3 aliphatic carbocycles. The second kappa shape index (κ2) is 5.12. The van der Waals surface area contributed by atoms with Gasteiger partial charge in [0, 0.05) is 17.9 Å². The van der Waals surface area contributed by atoms with Gasteiger partial charge in [-0.3, -0.25) is 0 Å². The second-order valence-electron chi connectivity index (χ2n) is 8.82. The van der Waals surface area contributed by atoms with Crippen LogP contribution in [0.3, 0.4) is 0 Å². The van der Waals surface area contributed by atoms with E-state index < -0.39 is 0 Å². The largest absolute Gasteiger partial charge is 0.508 e. The average Bonchev–Trinajstić information content (AvgIpc) is 2.86. The Bertz CT molecular complexity index is 767. The summed E-state index contributed by atoms with van der Waals surface area (Å²) in [6.45, 7) is 2.39. The molecule has 0 aromatic heterocycles. The van der Waals surface area contributed by atoms with E-state index in [2.05, 4.69) is 13.0 Å². The molecule has 25 heavy (non-hydrogen) atoms. The van der Waals surface area contributed by atoms with Gasteiger partial charge in [0.1, 0.15) is 11.4 Å². The normalized spacial score (nSPS) is 41.8. The summed E-state index contributed by atoms with van der Waals surface area (Å²) in [4.78, 5) is 12.0. The molecule has 1 aromatic carbocycles. The molecule has 1 aliphatic heterocycles. The highest BCUT2D eigenvalue weighted by Crippen LogP contribution is 2.66. The van der Waals surface area contributed by atoms with Gasteiger partial charge in [-0.1, -0.05) is 19.1 Å². The van der Waals surface area contributed by atoms with E-state index in [0.29, 0.717) is 23.5 Å². The Balaban J connectivity index is 1.51. The van der Waals surface area contributed by atoms with E-state index in [1.807, 2.05) is 18.2 Å². The lowest BCUT2D eigenvalue weighted by molar-refractivity contribution is -0.176. The Morgan fingerprint density at radius 1 is 1.20 bits per heavy atom. The van der Waals surface area contributed by atoms with Crippen molar-refractivity contribution >= 4 is 5.97 Å². The molecular formula is C22H26O3. The van der Waals surface area contributed by atoms with E-state index in [0.717, 1.165) is 25.7 Å². The van der Waals surface area contributed by atoms with Gasteiger partial charge in [-0.05, 0) is 79.5 Å². The molecule has 0 saturated heterocycles. The molecule has 3 heteroatoms. The van der Waals surface area contributed by atoms with Crippen molar-refractivity contribution in [2.24, 2.45) is 17.3 Å². The van der Waals surface area contributed by atoms with Crippen molar-refractivity contribution in [2.45, 2.75) is 63.4 Å². The van der Waals surface area contributed by atoms with Crippen LogP contribution in [0.5, 0.6) is 5.75 Å². The van der Waals surface area contributed by atoms with Gasteiger partial charge < -0.3 is 9.84 Å². The number of hydrogen-bond acceptors (Lipinski definition) is 3. The lowest BCUT2D eigenvalue weighted by Gasteiger charge is -2.54. The smallest absolute Gasteiger partial charge is 0.331 e. The minimum atomic E-state index is -0.274. The number of fused-ring (bicyclic) bond motifs is 6. The van der Waals surface area contributed by atoms with E-state index >= 15 is 0 Å². The molecule has 1 N–H and O–H groups in total. The number of benzene rings is 1. The van der Waals surface area contributed by atoms with Crippen molar-refractivity contribution in [1.29, 1.82) is 0 Å². The van der Waals surface area contributed by atoms with Gasteiger partial charge in [0.15, 0.2) is 0 Å². The van der Waals surface area contributed by atoms with Crippen molar-refractivity contribution in [3.05, 3.63) is 41.5 Å². The Kier molecular flexibility index (Phi) is 3.17. The zero-order valence-electron chi connectivity index (χ0n) is 14.8. The fourth-order valence-electron chi connectivity index (χ4n) is 6.78. The van der Waals surface area contributed by atoms with Crippen molar-refractivity contribution in [3.63, 3.8) is 0 Å². The van der Waals surface area contributed by atoms with E-state index in [1.54, 1.807) is 6.08 Å². The summed E-state index contributed by atoms with van der Waals surface area (Å²) in [6, 6.07) is 5.96. The first-order valence-electron chi connectivity index (χ1n) is 9.74. The number of aromatic hydroxyl groups is 1. The Labute approximate surface area is 149 Å². The van der Waals surface area contributed by atoms with Crippen molar-refractivity contribution in [3.8, 4) is 5.75 Å². The van der Waals surface area contributed by atoms with Crippen LogP contribution >= 0.6 is 0 Å². The number of carbonyl (C=O) groups is 1. The second-order valence-corrected chi connectivity index (χ2v) is 8.82. The van der Waals surface area contributed by atoms with Crippen LogP contribution in [0.4, 0.5) is 0 Å². The van der Waals surface area contributed by atoms with Gasteiger partial charge >= 0.3 is 5.97 Å². The summed E-state index contributed by atoms with van der Waals surface area (Å²) in [6.07, 6.45) is 11.2. The molecule has 3 nitrogen and oxygen atoms in total. The van der Waals surface area contributed by atoms with Crippen LogP contribution in [-0.4, -0.2) is 16.7 Å². The molecule has 1 spiro atoms. The van der Waals surface area contributed by atoms with Crippen LogP contribution in [0.2, 0.25) is 0 Å². The van der Waals surface area contributed by atoms with Gasteiger partial charge in [-0.2, -0.15) is 0 Å². The number of rotatable bonds is 0. The maximum Gasteiger partial charge on any atom is 0.331 e. The zero-order valence-corrected chi connectivity index (χ0v) is 14.8. The standard InChI is InChI=1S/C22H26O3/c1-21-11-8-17-16-7-5-15(23)13-14(16)4-6-18(17)19(21)9-12-22(21)10-2-3-20(24)25-22/h2-3,5,7,13,17-19,23H,4,6,8-12H2,1H3/t17?,18?,19?,21?,22-/m0/s1. The Morgan fingerprint density at radius 2 is 2.08 bits per heavy atom. The number of ether oxygens (including phenoxy) is 1. The van der Waals surface area contributed by atoms with Gasteiger partial charge in [-0.15, -0.1) is 0 Å². The Morgan fingerprint density at radius 3 is 2.92 bits per heavy atom. The maximum absolute atomic E-state index is 12.0. The average molecular weight is 338 g/mol. The summed E-state index contributed by atoms with van der Waals surface area (Å²) in [5.41, 5.74) is 2.62. The van der Waals surface area contributed by atoms with Crippen molar-refractivity contribution < 1.29 is 14.6 Å².